The van der Waals surface area contributed by atoms with E-state index in [0.717, 1.165) is 37.0 Å². The molecule has 0 atom stereocenters. The quantitative estimate of drug-likeness (QED) is 0.129. The molecule has 0 radical (unpaired) electrons. The highest BCUT2D eigenvalue weighted by Gasteiger charge is 2.23. The lowest BCUT2D eigenvalue weighted by molar-refractivity contribution is -0.380. The summed E-state index contributed by atoms with van der Waals surface area (Å²) in [5.41, 5.74) is 1.24. The number of pyridine rings is 1. The largest absolute Gasteiger partial charge is 0.475 e. The Bertz CT molecular complexity index is 1480. The van der Waals surface area contributed by atoms with Gasteiger partial charge in [0.2, 0.25) is 5.88 Å². The molecule has 1 amide bonds. The second kappa shape index (κ2) is 13.6. The average Bonchev–Trinajstić information content (AvgIpc) is 3.66. The van der Waals surface area contributed by atoms with E-state index in [1.54, 1.807) is 24.5 Å². The number of hydrogen-bond acceptors (Lipinski definition) is 11. The number of rotatable bonds is 13. The molecular formula is C27H31N7O6S. The van der Waals surface area contributed by atoms with Crippen LogP contribution < -0.4 is 10.1 Å². The molecule has 1 N–H and O–H groups in total. The molecule has 4 aromatic rings. The van der Waals surface area contributed by atoms with E-state index in [-0.39, 0.29) is 21.7 Å². The molecule has 0 aliphatic heterocycles. The molecule has 1 aliphatic carbocycles. The van der Waals surface area contributed by atoms with Crippen LogP contribution >= 0.6 is 11.3 Å². The molecule has 1 fully saturated rings. The topological polar surface area (TPSA) is 156 Å². The molecule has 0 saturated heterocycles. The average molecular weight is 582 g/mol. The predicted octanol–water partition coefficient (Wildman–Crippen LogP) is 5.05. The van der Waals surface area contributed by atoms with Crippen molar-refractivity contribution in [2.45, 2.75) is 45.1 Å². The summed E-state index contributed by atoms with van der Waals surface area (Å²) < 4.78 is 18.3. The maximum Gasteiger partial charge on any atom is 0.324 e. The van der Waals surface area contributed by atoms with Gasteiger partial charge in [-0.15, -0.1) is 0 Å². The van der Waals surface area contributed by atoms with Crippen LogP contribution in [0.3, 0.4) is 0 Å². The predicted molar refractivity (Wildman–Crippen MR) is 152 cm³/mol. The Hall–Kier alpha value is -4.01. The van der Waals surface area contributed by atoms with Gasteiger partial charge in [-0.3, -0.25) is 14.9 Å². The number of anilines is 1. The smallest absolute Gasteiger partial charge is 0.324 e. The van der Waals surface area contributed by atoms with E-state index in [1.807, 2.05) is 11.6 Å². The van der Waals surface area contributed by atoms with Gasteiger partial charge >= 0.3 is 5.00 Å². The van der Waals surface area contributed by atoms with Gasteiger partial charge in [-0.2, -0.15) is 5.10 Å². The lowest BCUT2D eigenvalue weighted by Crippen LogP contribution is -2.16. The molecule has 1 saturated carbocycles. The standard InChI is InChI=1S/C27H31N7O6S/c1-2-38-12-13-39-14-15-40-22-10-8-18(16-28-22)24-30-25(32-27(35)21-9-11-23(41-21)34(36)37)20-17-29-33(26(20)31-24)19-6-4-3-5-7-19/h8-11,16-17,19H,2-7,12-15H2,1H3,(H,30,31,32,35). The van der Waals surface area contributed by atoms with E-state index < -0.39 is 10.8 Å². The Morgan fingerprint density at radius 3 is 2.61 bits per heavy atom. The van der Waals surface area contributed by atoms with Crippen molar-refractivity contribution in [2.24, 2.45) is 0 Å². The van der Waals surface area contributed by atoms with E-state index >= 15 is 0 Å². The van der Waals surface area contributed by atoms with Crippen LogP contribution in [0.1, 0.15) is 54.7 Å². The van der Waals surface area contributed by atoms with Crippen molar-refractivity contribution in [1.29, 1.82) is 0 Å². The van der Waals surface area contributed by atoms with Crippen molar-refractivity contribution in [2.75, 3.05) is 38.4 Å². The fourth-order valence-corrected chi connectivity index (χ4v) is 5.34. The number of fused-ring (bicyclic) bond motifs is 1. The summed E-state index contributed by atoms with van der Waals surface area (Å²) in [4.78, 5) is 37.7. The summed E-state index contributed by atoms with van der Waals surface area (Å²) in [5.74, 6) is 0.576. The maximum atomic E-state index is 13.0. The molecule has 14 heteroatoms. The Morgan fingerprint density at radius 2 is 1.88 bits per heavy atom. The number of amides is 1. The molecule has 41 heavy (non-hydrogen) atoms. The maximum absolute atomic E-state index is 13.0. The number of nitro groups is 1. The second-order valence-corrected chi connectivity index (χ2v) is 10.5. The lowest BCUT2D eigenvalue weighted by Gasteiger charge is -2.22. The number of ether oxygens (including phenoxy) is 3. The van der Waals surface area contributed by atoms with Gasteiger partial charge in [0, 0.05) is 30.5 Å². The lowest BCUT2D eigenvalue weighted by atomic mass is 9.96. The van der Waals surface area contributed by atoms with Crippen molar-refractivity contribution in [3.8, 4) is 17.3 Å². The Labute approximate surface area is 240 Å². The van der Waals surface area contributed by atoms with Gasteiger partial charge in [-0.1, -0.05) is 30.6 Å². The minimum Gasteiger partial charge on any atom is -0.475 e. The summed E-state index contributed by atoms with van der Waals surface area (Å²) in [5, 5.41) is 19.0. The van der Waals surface area contributed by atoms with Gasteiger partial charge in [0.25, 0.3) is 5.91 Å². The summed E-state index contributed by atoms with van der Waals surface area (Å²) in [6.45, 7) is 4.40. The van der Waals surface area contributed by atoms with Gasteiger partial charge in [0.15, 0.2) is 11.5 Å². The van der Waals surface area contributed by atoms with Crippen molar-refractivity contribution >= 4 is 39.1 Å². The van der Waals surface area contributed by atoms with Crippen LogP contribution in [0.5, 0.6) is 5.88 Å². The van der Waals surface area contributed by atoms with Crippen LogP contribution in [0.4, 0.5) is 10.8 Å². The third-order valence-electron chi connectivity index (χ3n) is 6.65. The number of aromatic nitrogens is 5. The summed E-state index contributed by atoms with van der Waals surface area (Å²) >= 11 is 0.802. The fraction of sp³-hybridized carbons (Fsp3) is 0.444. The van der Waals surface area contributed by atoms with Crippen LogP contribution in [0.15, 0.2) is 36.7 Å². The summed E-state index contributed by atoms with van der Waals surface area (Å²) in [7, 11) is 0. The minimum atomic E-state index is -0.521. The SMILES string of the molecule is CCOCCOCCOc1ccc(-c2nc(NC(=O)c3ccc([N+](=O)[O-])s3)c3cnn(C4CCCCC4)c3n2)cn1. The Kier molecular flexibility index (Phi) is 9.44. The van der Waals surface area contributed by atoms with Crippen LogP contribution in [0.2, 0.25) is 0 Å². The molecule has 13 nitrogen and oxygen atoms in total. The molecule has 0 aromatic carbocycles. The van der Waals surface area contributed by atoms with Crippen molar-refractivity contribution in [1.82, 2.24) is 24.7 Å². The zero-order chi connectivity index (χ0) is 28.6. The first-order valence-corrected chi connectivity index (χ1v) is 14.4. The highest BCUT2D eigenvalue weighted by molar-refractivity contribution is 7.17. The normalized spacial score (nSPS) is 13.9. The molecule has 1 aliphatic rings. The number of carbonyl (C=O) groups is 1. The van der Waals surface area contributed by atoms with E-state index in [0.29, 0.717) is 61.3 Å². The van der Waals surface area contributed by atoms with Crippen LogP contribution in [-0.4, -0.2) is 68.6 Å². The molecule has 0 bridgehead atoms. The first-order chi connectivity index (χ1) is 20.0. The molecule has 216 valence electrons. The van der Waals surface area contributed by atoms with E-state index in [1.165, 1.54) is 18.6 Å². The van der Waals surface area contributed by atoms with E-state index in [2.05, 4.69) is 20.4 Å². The highest BCUT2D eigenvalue weighted by atomic mass is 32.1. The Balaban J connectivity index is 1.38. The molecule has 4 heterocycles. The third-order valence-corrected chi connectivity index (χ3v) is 7.69. The van der Waals surface area contributed by atoms with Crippen molar-refractivity contribution in [3.05, 3.63) is 51.7 Å². The van der Waals surface area contributed by atoms with E-state index in [4.69, 9.17) is 19.2 Å². The van der Waals surface area contributed by atoms with Crippen LogP contribution in [0.25, 0.3) is 22.4 Å². The first-order valence-electron chi connectivity index (χ1n) is 13.6. The first kappa shape index (κ1) is 28.5. The van der Waals surface area contributed by atoms with Gasteiger partial charge < -0.3 is 19.5 Å². The minimum absolute atomic E-state index is 0.112. The van der Waals surface area contributed by atoms with Gasteiger partial charge in [0.1, 0.15) is 12.4 Å². The molecular weight excluding hydrogens is 550 g/mol. The third kappa shape index (κ3) is 7.01. The number of thiophene rings is 1. The molecule has 5 rings (SSSR count). The zero-order valence-electron chi connectivity index (χ0n) is 22.7. The summed E-state index contributed by atoms with van der Waals surface area (Å²) in [6, 6.07) is 6.47. The number of carbonyl (C=O) groups excluding carboxylic acids is 1. The highest BCUT2D eigenvalue weighted by Crippen LogP contribution is 2.33. The second-order valence-electron chi connectivity index (χ2n) is 9.41. The van der Waals surface area contributed by atoms with E-state index in [9.17, 15) is 14.9 Å². The van der Waals surface area contributed by atoms with Gasteiger partial charge in [-0.25, -0.2) is 19.6 Å². The number of nitrogens with one attached hydrogen (secondary N) is 1. The Morgan fingerprint density at radius 1 is 1.07 bits per heavy atom. The van der Waals surface area contributed by atoms with Gasteiger partial charge in [-0.05, 0) is 31.9 Å². The van der Waals surface area contributed by atoms with Crippen LogP contribution in [-0.2, 0) is 9.47 Å². The molecule has 0 spiro atoms. The van der Waals surface area contributed by atoms with Gasteiger partial charge in [0.05, 0.1) is 47.2 Å². The number of hydrogen-bond donors (Lipinski definition) is 1. The van der Waals surface area contributed by atoms with Crippen molar-refractivity contribution < 1.29 is 23.9 Å². The monoisotopic (exact) mass is 581 g/mol. The molecule has 4 aromatic heterocycles. The number of nitrogens with zero attached hydrogens (tertiary/aromatic N) is 6. The fourth-order valence-electron chi connectivity index (χ4n) is 4.63. The van der Waals surface area contributed by atoms with Crippen molar-refractivity contribution in [3.63, 3.8) is 0 Å². The zero-order valence-corrected chi connectivity index (χ0v) is 23.5. The summed E-state index contributed by atoms with van der Waals surface area (Å²) in [6.07, 6.45) is 8.71. The molecule has 0 unspecified atom stereocenters. The van der Waals surface area contributed by atoms with Crippen LogP contribution in [0, 0.1) is 10.1 Å².